The molecule has 2 rings (SSSR count). The van der Waals surface area contributed by atoms with Crippen LogP contribution in [0, 0.1) is 6.92 Å². The average molecular weight is 249 g/mol. The molecule has 17 heavy (non-hydrogen) atoms. The normalized spacial score (nSPS) is 10.7. The van der Waals surface area contributed by atoms with E-state index in [4.69, 9.17) is 0 Å². The van der Waals surface area contributed by atoms with Gasteiger partial charge in [0.05, 0.1) is 5.69 Å². The number of rotatable bonds is 4. The highest BCUT2D eigenvalue weighted by Crippen LogP contribution is 2.25. The van der Waals surface area contributed by atoms with Crippen molar-refractivity contribution in [1.29, 1.82) is 0 Å². The first-order valence-corrected chi connectivity index (χ1v) is 6.48. The van der Waals surface area contributed by atoms with Crippen LogP contribution in [0.2, 0.25) is 0 Å². The van der Waals surface area contributed by atoms with E-state index in [1.165, 1.54) is 0 Å². The van der Waals surface area contributed by atoms with Crippen LogP contribution in [0.25, 0.3) is 0 Å². The van der Waals surface area contributed by atoms with Crippen molar-refractivity contribution < 1.29 is 5.11 Å². The van der Waals surface area contributed by atoms with E-state index < -0.39 is 0 Å². The van der Waals surface area contributed by atoms with Gasteiger partial charge in [0.1, 0.15) is 5.75 Å². The summed E-state index contributed by atoms with van der Waals surface area (Å²) in [4.78, 5) is 8.59. The van der Waals surface area contributed by atoms with Crippen LogP contribution in [0.3, 0.4) is 0 Å². The van der Waals surface area contributed by atoms with E-state index in [0.717, 1.165) is 17.4 Å². The first-order chi connectivity index (χ1) is 8.20. The second-order valence-corrected chi connectivity index (χ2v) is 4.65. The van der Waals surface area contributed by atoms with E-state index in [0.29, 0.717) is 11.4 Å². The minimum atomic E-state index is 0.248. The van der Waals surface area contributed by atoms with Gasteiger partial charge in [-0.25, -0.2) is 4.98 Å². The molecule has 0 aliphatic carbocycles. The van der Waals surface area contributed by atoms with Gasteiger partial charge in [-0.3, -0.25) is 4.98 Å². The van der Waals surface area contributed by atoms with Gasteiger partial charge in [-0.05, 0) is 26.0 Å². The Kier molecular flexibility index (Phi) is 3.68. The second kappa shape index (κ2) is 5.23. The van der Waals surface area contributed by atoms with Crippen LogP contribution in [0.15, 0.2) is 29.7 Å². The quantitative estimate of drug-likeness (QED) is 0.846. The van der Waals surface area contributed by atoms with Gasteiger partial charge >= 0.3 is 0 Å². The summed E-state index contributed by atoms with van der Waals surface area (Å²) in [6, 6.07) is 3.49. The molecule has 0 saturated heterocycles. The molecular formula is C12H15N3OS. The Morgan fingerprint density at radius 2 is 2.24 bits per heavy atom. The Bertz CT molecular complexity index is 510. The molecule has 0 aliphatic rings. The Labute approximate surface area is 105 Å². The molecule has 5 heteroatoms. The van der Waals surface area contributed by atoms with Crippen LogP contribution < -0.4 is 0 Å². The molecule has 0 aliphatic heterocycles. The topological polar surface area (TPSA) is 50.9 Å². The highest BCUT2D eigenvalue weighted by atomic mass is 32.2. The van der Waals surface area contributed by atoms with E-state index in [-0.39, 0.29) is 5.75 Å². The second-order valence-electron chi connectivity index (χ2n) is 3.70. The summed E-state index contributed by atoms with van der Waals surface area (Å²) in [5.41, 5.74) is 1.62. The molecule has 0 atom stereocenters. The van der Waals surface area contributed by atoms with Crippen molar-refractivity contribution in [2.75, 3.05) is 0 Å². The predicted molar refractivity (Wildman–Crippen MR) is 68.1 cm³/mol. The van der Waals surface area contributed by atoms with Gasteiger partial charge in [-0.2, -0.15) is 0 Å². The van der Waals surface area contributed by atoms with Crippen LogP contribution >= 0.6 is 11.8 Å². The molecule has 0 spiro atoms. The summed E-state index contributed by atoms with van der Waals surface area (Å²) < 4.78 is 2.07. The Morgan fingerprint density at radius 1 is 1.41 bits per heavy atom. The number of aromatic hydroxyl groups is 1. The van der Waals surface area contributed by atoms with Crippen molar-refractivity contribution in [3.05, 3.63) is 35.9 Å². The summed E-state index contributed by atoms with van der Waals surface area (Å²) in [6.07, 6.45) is 3.74. The fourth-order valence-electron chi connectivity index (χ4n) is 1.52. The molecule has 0 radical (unpaired) electrons. The van der Waals surface area contributed by atoms with Crippen LogP contribution in [0.4, 0.5) is 0 Å². The fourth-order valence-corrected chi connectivity index (χ4v) is 2.49. The smallest absolute Gasteiger partial charge is 0.168 e. The summed E-state index contributed by atoms with van der Waals surface area (Å²) in [6.45, 7) is 4.89. The highest BCUT2D eigenvalue weighted by molar-refractivity contribution is 7.98. The molecule has 1 N–H and O–H groups in total. The zero-order valence-corrected chi connectivity index (χ0v) is 10.7. The van der Waals surface area contributed by atoms with Crippen molar-refractivity contribution in [3.8, 4) is 5.75 Å². The molecule has 2 aromatic rings. The van der Waals surface area contributed by atoms with Gasteiger partial charge in [0.25, 0.3) is 0 Å². The molecule has 90 valence electrons. The monoisotopic (exact) mass is 249 g/mol. The van der Waals surface area contributed by atoms with Crippen molar-refractivity contribution in [2.45, 2.75) is 31.3 Å². The summed E-state index contributed by atoms with van der Waals surface area (Å²) >= 11 is 1.58. The first-order valence-electron chi connectivity index (χ1n) is 5.50. The van der Waals surface area contributed by atoms with E-state index >= 15 is 0 Å². The maximum atomic E-state index is 9.69. The van der Waals surface area contributed by atoms with Crippen LogP contribution in [0.1, 0.15) is 18.3 Å². The largest absolute Gasteiger partial charge is 0.506 e. The third-order valence-corrected chi connectivity index (χ3v) is 3.46. The zero-order chi connectivity index (χ0) is 12.3. The lowest BCUT2D eigenvalue weighted by Crippen LogP contribution is -1.96. The molecule has 0 fully saturated rings. The molecule has 0 aromatic carbocycles. The Balaban J connectivity index is 2.09. The Hall–Kier alpha value is -1.49. The fraction of sp³-hybridized carbons (Fsp3) is 0.333. The van der Waals surface area contributed by atoms with Gasteiger partial charge < -0.3 is 9.67 Å². The van der Waals surface area contributed by atoms with Crippen molar-refractivity contribution in [1.82, 2.24) is 14.5 Å². The van der Waals surface area contributed by atoms with Gasteiger partial charge in [0.15, 0.2) is 5.16 Å². The molecular weight excluding hydrogens is 234 g/mol. The van der Waals surface area contributed by atoms with Crippen molar-refractivity contribution >= 4 is 11.8 Å². The predicted octanol–water partition coefficient (Wildman–Crippen LogP) is 2.60. The number of aryl methyl sites for hydroxylation is 2. The lowest BCUT2D eigenvalue weighted by Gasteiger charge is -2.06. The number of imidazole rings is 1. The van der Waals surface area contributed by atoms with E-state index in [2.05, 4.69) is 21.5 Å². The molecule has 2 aromatic heterocycles. The number of hydrogen-bond acceptors (Lipinski definition) is 4. The maximum absolute atomic E-state index is 9.69. The van der Waals surface area contributed by atoms with E-state index in [1.54, 1.807) is 30.1 Å². The number of aromatic nitrogens is 3. The van der Waals surface area contributed by atoms with Gasteiger partial charge in [-0.15, -0.1) is 0 Å². The van der Waals surface area contributed by atoms with Crippen LogP contribution in [-0.2, 0) is 12.3 Å². The van der Waals surface area contributed by atoms with Gasteiger partial charge in [0, 0.05) is 30.4 Å². The lowest BCUT2D eigenvalue weighted by atomic mass is 10.3. The lowest BCUT2D eigenvalue weighted by molar-refractivity contribution is 0.466. The molecule has 0 bridgehead atoms. The minimum Gasteiger partial charge on any atom is -0.506 e. The molecule has 4 nitrogen and oxygen atoms in total. The van der Waals surface area contributed by atoms with Crippen LogP contribution in [-0.4, -0.2) is 19.6 Å². The maximum Gasteiger partial charge on any atom is 0.168 e. The van der Waals surface area contributed by atoms with Crippen LogP contribution in [0.5, 0.6) is 5.75 Å². The summed E-state index contributed by atoms with van der Waals surface area (Å²) in [5.74, 6) is 0.877. The molecule has 0 amide bonds. The third-order valence-electron chi connectivity index (χ3n) is 2.45. The van der Waals surface area contributed by atoms with Gasteiger partial charge in [-0.1, -0.05) is 11.8 Å². The van der Waals surface area contributed by atoms with Crippen molar-refractivity contribution in [2.24, 2.45) is 0 Å². The number of nitrogens with zero attached hydrogens (tertiary/aromatic N) is 3. The number of thioether (sulfide) groups is 1. The third kappa shape index (κ3) is 2.79. The highest BCUT2D eigenvalue weighted by Gasteiger charge is 2.07. The molecule has 0 unspecified atom stereocenters. The first kappa shape index (κ1) is 12.0. The van der Waals surface area contributed by atoms with Gasteiger partial charge in [0.2, 0.25) is 0 Å². The van der Waals surface area contributed by atoms with E-state index in [1.807, 2.05) is 13.1 Å². The number of hydrogen-bond donors (Lipinski definition) is 1. The zero-order valence-electron chi connectivity index (χ0n) is 9.92. The molecule has 0 saturated carbocycles. The van der Waals surface area contributed by atoms with E-state index in [9.17, 15) is 5.11 Å². The molecule has 2 heterocycles. The summed E-state index contributed by atoms with van der Waals surface area (Å²) in [5, 5.41) is 10.6. The number of pyridine rings is 1. The standard InChI is InChI=1S/C12H15N3OS/c1-3-15-7-6-13-12(15)17-8-10-11(16)5-4-9(2)14-10/h4-7,16H,3,8H2,1-2H3. The Morgan fingerprint density at radius 3 is 3.00 bits per heavy atom. The SMILES string of the molecule is CCn1ccnc1SCc1nc(C)ccc1O. The van der Waals surface area contributed by atoms with Crippen molar-refractivity contribution in [3.63, 3.8) is 0 Å². The average Bonchev–Trinajstić information content (AvgIpc) is 2.77. The minimum absolute atomic E-state index is 0.248. The summed E-state index contributed by atoms with van der Waals surface area (Å²) in [7, 11) is 0.